The quantitative estimate of drug-likeness (QED) is 0.522. The first kappa shape index (κ1) is 12.6. The molecule has 96 valence electrons. The average Bonchev–Trinajstić information content (AvgIpc) is 2.42. The van der Waals surface area contributed by atoms with Gasteiger partial charge < -0.3 is 0 Å². The molecule has 2 aliphatic rings. The van der Waals surface area contributed by atoms with Crippen molar-refractivity contribution in [2.75, 3.05) is 0 Å². The molecule has 0 aromatic heterocycles. The first-order chi connectivity index (χ1) is 8.42. The van der Waals surface area contributed by atoms with Gasteiger partial charge in [0.1, 0.15) is 0 Å². The second-order valence-corrected chi connectivity index (χ2v) is 5.35. The third-order valence-corrected chi connectivity index (χ3v) is 4.13. The van der Waals surface area contributed by atoms with E-state index in [1.165, 1.54) is 64.2 Å². The van der Waals surface area contributed by atoms with Gasteiger partial charge in [-0.25, -0.2) is 0 Å². The third kappa shape index (κ3) is 3.55. The van der Waals surface area contributed by atoms with Crippen molar-refractivity contribution in [3.63, 3.8) is 0 Å². The Morgan fingerprint density at radius 2 is 1.29 bits per heavy atom. The van der Waals surface area contributed by atoms with Gasteiger partial charge in [-0.15, -0.1) is 5.11 Å². The zero-order chi connectivity index (χ0) is 11.9. The summed E-state index contributed by atoms with van der Waals surface area (Å²) in [6.45, 7) is 3.64. The van der Waals surface area contributed by atoms with Crippen LogP contribution in [-0.4, -0.2) is 17.1 Å². The molecule has 2 aliphatic carbocycles. The molecular formula is C14H25N3. The zero-order valence-corrected chi connectivity index (χ0v) is 10.9. The Morgan fingerprint density at radius 3 is 1.71 bits per heavy atom. The highest BCUT2D eigenvalue weighted by atomic mass is 15.6. The van der Waals surface area contributed by atoms with Gasteiger partial charge in [-0.1, -0.05) is 50.3 Å². The first-order valence-electron chi connectivity index (χ1n) is 7.22. The van der Waals surface area contributed by atoms with Crippen LogP contribution in [0.15, 0.2) is 23.1 Å². The van der Waals surface area contributed by atoms with Gasteiger partial charge in [0.25, 0.3) is 0 Å². The van der Waals surface area contributed by atoms with Crippen molar-refractivity contribution >= 4 is 0 Å². The van der Waals surface area contributed by atoms with Crippen LogP contribution in [0.2, 0.25) is 0 Å². The topological polar surface area (TPSA) is 28.0 Å². The van der Waals surface area contributed by atoms with E-state index in [1.807, 2.05) is 0 Å². The maximum absolute atomic E-state index is 4.43. The zero-order valence-electron chi connectivity index (χ0n) is 10.9. The van der Waals surface area contributed by atoms with Gasteiger partial charge in [-0.3, -0.25) is 5.01 Å². The third-order valence-electron chi connectivity index (χ3n) is 4.13. The molecule has 3 heteroatoms. The smallest absolute Gasteiger partial charge is 0.0491 e. The Kier molecular flexibility index (Phi) is 5.02. The molecule has 0 atom stereocenters. The second-order valence-electron chi connectivity index (χ2n) is 5.35. The lowest BCUT2D eigenvalue weighted by Gasteiger charge is -2.38. The molecule has 0 aromatic carbocycles. The fraction of sp³-hybridized carbons (Fsp3) is 0.857. The van der Waals surface area contributed by atoms with Crippen molar-refractivity contribution in [3.05, 3.63) is 12.8 Å². The van der Waals surface area contributed by atoms with E-state index in [-0.39, 0.29) is 0 Å². The monoisotopic (exact) mass is 235 g/mol. The lowest BCUT2D eigenvalue weighted by atomic mass is 9.90. The number of hydrogen-bond donors (Lipinski definition) is 0. The van der Waals surface area contributed by atoms with E-state index < -0.39 is 0 Å². The van der Waals surface area contributed by atoms with E-state index >= 15 is 0 Å². The summed E-state index contributed by atoms with van der Waals surface area (Å²) in [4.78, 5) is 0. The molecule has 0 bridgehead atoms. The van der Waals surface area contributed by atoms with Crippen LogP contribution in [0.3, 0.4) is 0 Å². The van der Waals surface area contributed by atoms with Crippen LogP contribution in [0.25, 0.3) is 0 Å². The average molecular weight is 235 g/mol. The normalized spacial score (nSPS) is 24.0. The summed E-state index contributed by atoms with van der Waals surface area (Å²) in [7, 11) is 0. The van der Waals surface area contributed by atoms with Crippen molar-refractivity contribution in [2.45, 2.75) is 76.3 Å². The van der Waals surface area contributed by atoms with E-state index in [0.717, 1.165) is 0 Å². The fourth-order valence-corrected chi connectivity index (χ4v) is 3.23. The first-order valence-corrected chi connectivity index (χ1v) is 7.22. The predicted molar refractivity (Wildman–Crippen MR) is 70.6 cm³/mol. The van der Waals surface area contributed by atoms with Crippen LogP contribution in [0.4, 0.5) is 0 Å². The van der Waals surface area contributed by atoms with Crippen molar-refractivity contribution in [1.82, 2.24) is 5.01 Å². The number of nitrogens with zero attached hydrogens (tertiary/aromatic N) is 3. The molecule has 17 heavy (non-hydrogen) atoms. The van der Waals surface area contributed by atoms with Gasteiger partial charge in [-0.2, -0.15) is 0 Å². The van der Waals surface area contributed by atoms with Crippen LogP contribution in [0, 0.1) is 0 Å². The van der Waals surface area contributed by atoms with E-state index in [0.29, 0.717) is 12.1 Å². The predicted octanol–water partition coefficient (Wildman–Crippen LogP) is 4.46. The van der Waals surface area contributed by atoms with E-state index in [9.17, 15) is 0 Å². The Morgan fingerprint density at radius 1 is 0.824 bits per heavy atom. The highest BCUT2D eigenvalue weighted by Gasteiger charge is 2.28. The highest BCUT2D eigenvalue weighted by Crippen LogP contribution is 2.30. The molecule has 0 aromatic rings. The standard InChI is InChI=1S/C14H25N3/c1-2-15-16-17(13-9-5-3-6-10-13)14-11-7-4-8-12-14/h2,13-14H,1,3-12H2/b16-15+. The van der Waals surface area contributed by atoms with Crippen LogP contribution in [0.1, 0.15) is 64.2 Å². The van der Waals surface area contributed by atoms with Crippen molar-refractivity contribution < 1.29 is 0 Å². The second kappa shape index (κ2) is 6.77. The maximum Gasteiger partial charge on any atom is 0.0491 e. The van der Waals surface area contributed by atoms with Gasteiger partial charge >= 0.3 is 0 Å². The fourth-order valence-electron chi connectivity index (χ4n) is 3.23. The Balaban J connectivity index is 1.99. The summed E-state index contributed by atoms with van der Waals surface area (Å²) < 4.78 is 0. The lowest BCUT2D eigenvalue weighted by Crippen LogP contribution is -2.41. The van der Waals surface area contributed by atoms with E-state index in [1.54, 1.807) is 6.20 Å². The number of rotatable bonds is 4. The van der Waals surface area contributed by atoms with E-state index in [2.05, 4.69) is 21.9 Å². The Bertz CT molecular complexity index is 232. The molecule has 3 nitrogen and oxygen atoms in total. The molecule has 2 fully saturated rings. The minimum atomic E-state index is 0.635. The molecule has 0 unspecified atom stereocenters. The summed E-state index contributed by atoms with van der Waals surface area (Å²) in [5, 5.41) is 10.8. The van der Waals surface area contributed by atoms with E-state index in [4.69, 9.17) is 0 Å². The Labute approximate surface area is 105 Å². The number of hydrogen-bond acceptors (Lipinski definition) is 2. The highest BCUT2D eigenvalue weighted by molar-refractivity contribution is 4.81. The molecule has 0 saturated heterocycles. The molecule has 0 amide bonds. The molecule has 0 N–H and O–H groups in total. The van der Waals surface area contributed by atoms with Crippen LogP contribution < -0.4 is 0 Å². The van der Waals surface area contributed by atoms with Gasteiger partial charge in [0.2, 0.25) is 0 Å². The largest absolute Gasteiger partial charge is 0.272 e. The molecule has 0 radical (unpaired) electrons. The SMILES string of the molecule is C=C/N=N/N(C1CCCCC1)C1CCCCC1. The summed E-state index contributed by atoms with van der Waals surface area (Å²) in [6, 6.07) is 1.27. The molecule has 0 spiro atoms. The van der Waals surface area contributed by atoms with Gasteiger partial charge in [-0.05, 0) is 25.7 Å². The minimum Gasteiger partial charge on any atom is -0.272 e. The van der Waals surface area contributed by atoms with Gasteiger partial charge in [0.15, 0.2) is 0 Å². The Hall–Kier alpha value is -0.860. The van der Waals surface area contributed by atoms with Crippen molar-refractivity contribution in [3.8, 4) is 0 Å². The van der Waals surface area contributed by atoms with Crippen LogP contribution in [0.5, 0.6) is 0 Å². The summed E-state index contributed by atoms with van der Waals surface area (Å²) in [5.41, 5.74) is 0. The van der Waals surface area contributed by atoms with Crippen LogP contribution in [-0.2, 0) is 0 Å². The summed E-state index contributed by atoms with van der Waals surface area (Å²) >= 11 is 0. The van der Waals surface area contributed by atoms with Gasteiger partial charge in [0, 0.05) is 18.3 Å². The molecule has 0 heterocycles. The lowest BCUT2D eigenvalue weighted by molar-refractivity contribution is 0.0755. The molecule has 0 aliphatic heterocycles. The van der Waals surface area contributed by atoms with Gasteiger partial charge in [0.05, 0.1) is 0 Å². The molecule has 2 saturated carbocycles. The molecule has 2 rings (SSSR count). The maximum atomic E-state index is 4.43. The summed E-state index contributed by atoms with van der Waals surface area (Å²) in [6.07, 6.45) is 15.0. The van der Waals surface area contributed by atoms with Crippen molar-refractivity contribution in [1.29, 1.82) is 0 Å². The van der Waals surface area contributed by atoms with Crippen LogP contribution >= 0.6 is 0 Å². The summed E-state index contributed by atoms with van der Waals surface area (Å²) in [5.74, 6) is 0. The van der Waals surface area contributed by atoms with Crippen molar-refractivity contribution in [2.24, 2.45) is 10.3 Å². The minimum absolute atomic E-state index is 0.635. The molecular weight excluding hydrogens is 210 g/mol.